The summed E-state index contributed by atoms with van der Waals surface area (Å²) in [4.78, 5) is 0. The fourth-order valence-corrected chi connectivity index (χ4v) is 6.20. The van der Waals surface area contributed by atoms with Crippen LogP contribution in [0.5, 0.6) is 5.75 Å². The van der Waals surface area contributed by atoms with Gasteiger partial charge in [-0.3, -0.25) is 0 Å². The number of halogens is 1. The number of benzene rings is 2. The van der Waals surface area contributed by atoms with Crippen LogP contribution in [0.1, 0.15) is 37.7 Å². The van der Waals surface area contributed by atoms with E-state index in [1.165, 1.54) is 5.56 Å². The van der Waals surface area contributed by atoms with Crippen LogP contribution >= 0.6 is 18.9 Å². The van der Waals surface area contributed by atoms with Gasteiger partial charge in [-0.2, -0.15) is 0 Å². The largest absolute Gasteiger partial charge is 0.457 e. The monoisotopic (exact) mass is 415 g/mol. The van der Waals surface area contributed by atoms with E-state index in [-0.39, 0.29) is 5.16 Å². The van der Waals surface area contributed by atoms with Gasteiger partial charge in [-0.25, -0.2) is 4.74 Å². The highest BCUT2D eigenvalue weighted by molar-refractivity contribution is 7.70. The fourth-order valence-electron chi connectivity index (χ4n) is 3.06. The van der Waals surface area contributed by atoms with E-state index < -0.39 is 7.28 Å². The van der Waals surface area contributed by atoms with Crippen molar-refractivity contribution in [1.82, 2.24) is 0 Å². The summed E-state index contributed by atoms with van der Waals surface area (Å²) in [6.07, 6.45) is 0. The van der Waals surface area contributed by atoms with E-state index in [0.29, 0.717) is 10.8 Å². The highest BCUT2D eigenvalue weighted by Gasteiger charge is 2.41. The first-order chi connectivity index (χ1) is 13.1. The van der Waals surface area contributed by atoms with Crippen molar-refractivity contribution in [1.29, 1.82) is 0 Å². The third-order valence-corrected chi connectivity index (χ3v) is 8.43. The van der Waals surface area contributed by atoms with E-state index in [9.17, 15) is 0 Å². The van der Waals surface area contributed by atoms with E-state index in [0.717, 1.165) is 22.5 Å². The first-order valence-corrected chi connectivity index (χ1v) is 11.4. The van der Waals surface area contributed by atoms with E-state index >= 15 is 0 Å². The molecule has 0 aliphatic heterocycles. The van der Waals surface area contributed by atoms with Gasteiger partial charge in [-0.05, 0) is 62.7 Å². The van der Waals surface area contributed by atoms with Crippen LogP contribution in [0.4, 0.5) is 5.69 Å². The zero-order valence-corrected chi connectivity index (χ0v) is 18.9. The van der Waals surface area contributed by atoms with Crippen molar-refractivity contribution in [3.05, 3.63) is 76.5 Å². The molecule has 0 aliphatic rings. The lowest BCUT2D eigenvalue weighted by Gasteiger charge is -2.35. The summed E-state index contributed by atoms with van der Waals surface area (Å²) < 4.78 is 18.1. The molecule has 3 nitrogen and oxygen atoms in total. The maximum atomic E-state index is 6.70. The average molecular weight is 416 g/mol. The van der Waals surface area contributed by atoms with Crippen molar-refractivity contribution in [3.63, 3.8) is 0 Å². The van der Waals surface area contributed by atoms with Crippen LogP contribution < -0.4 is 10.0 Å². The maximum Gasteiger partial charge on any atom is 0.207 e. The summed E-state index contributed by atoms with van der Waals surface area (Å²) in [6, 6.07) is 17.7. The zero-order chi connectivity index (χ0) is 20.5. The van der Waals surface area contributed by atoms with Crippen molar-refractivity contribution in [3.8, 4) is 5.75 Å². The molecule has 5 heteroatoms. The van der Waals surface area contributed by atoms with E-state index in [1.54, 1.807) is 0 Å². The van der Waals surface area contributed by atoms with Crippen molar-refractivity contribution in [2.24, 2.45) is 4.74 Å². The predicted molar refractivity (Wildman–Crippen MR) is 120 cm³/mol. The summed E-state index contributed by atoms with van der Waals surface area (Å²) in [5, 5.41) is 0.336. The molecular formula is C23H27ClNO2P. The fraction of sp³-hybridized carbons (Fsp3) is 0.304. The number of furan rings is 1. The Morgan fingerprint density at radius 1 is 0.964 bits per heavy atom. The molecule has 0 aliphatic carbocycles. The minimum atomic E-state index is -2.62. The number of rotatable bonds is 4. The molecular weight excluding hydrogens is 389 g/mol. The second-order valence-corrected chi connectivity index (χ2v) is 11.8. The van der Waals surface area contributed by atoms with Crippen LogP contribution in [0.15, 0.2) is 63.8 Å². The van der Waals surface area contributed by atoms with E-state index in [1.807, 2.05) is 43.3 Å². The predicted octanol–water partition coefficient (Wildman–Crippen LogP) is 7.81. The van der Waals surface area contributed by atoms with E-state index in [2.05, 4.69) is 52.8 Å². The third-order valence-electron chi connectivity index (χ3n) is 4.57. The SMILES string of the molecule is Cc1ccc(N=P(Oc2cccc(Cl)c2)(c2ccc(C)o2)C(C)(C)C)c(C)c1. The smallest absolute Gasteiger partial charge is 0.207 e. The van der Waals surface area contributed by atoms with Gasteiger partial charge in [-0.1, -0.05) is 56.1 Å². The van der Waals surface area contributed by atoms with Crippen LogP contribution in [-0.4, -0.2) is 5.16 Å². The number of aryl methyl sites for hydroxylation is 3. The molecule has 0 saturated heterocycles. The zero-order valence-electron chi connectivity index (χ0n) is 17.3. The molecule has 1 heterocycles. The second kappa shape index (κ2) is 7.81. The Balaban J connectivity index is 2.31. The van der Waals surface area contributed by atoms with Gasteiger partial charge >= 0.3 is 0 Å². The Labute approximate surface area is 172 Å². The number of hydrogen-bond donors (Lipinski definition) is 0. The van der Waals surface area contributed by atoms with Gasteiger partial charge in [0.05, 0.1) is 5.69 Å². The molecule has 0 fully saturated rings. The van der Waals surface area contributed by atoms with Crippen molar-refractivity contribution < 1.29 is 8.94 Å². The van der Waals surface area contributed by atoms with Crippen LogP contribution in [0.3, 0.4) is 0 Å². The normalized spacial score (nSPS) is 13.8. The lowest BCUT2D eigenvalue weighted by atomic mass is 10.1. The molecule has 2 aromatic carbocycles. The Morgan fingerprint density at radius 3 is 2.29 bits per heavy atom. The summed E-state index contributed by atoms with van der Waals surface area (Å²) in [7, 11) is -2.62. The Bertz CT molecular complexity index is 1050. The third kappa shape index (κ3) is 4.21. The van der Waals surface area contributed by atoms with Gasteiger partial charge in [0.2, 0.25) is 7.28 Å². The minimum Gasteiger partial charge on any atom is -0.457 e. The molecule has 1 atom stereocenters. The maximum absolute atomic E-state index is 6.70. The highest BCUT2D eigenvalue weighted by atomic mass is 35.5. The molecule has 1 unspecified atom stereocenters. The Hall–Kier alpha value is -1.96. The first-order valence-electron chi connectivity index (χ1n) is 9.32. The van der Waals surface area contributed by atoms with Gasteiger partial charge < -0.3 is 8.94 Å². The molecule has 0 bridgehead atoms. The Morgan fingerprint density at radius 2 is 1.71 bits per heavy atom. The average Bonchev–Trinajstić information content (AvgIpc) is 3.02. The quantitative estimate of drug-likeness (QED) is 0.407. The lowest BCUT2D eigenvalue weighted by Crippen LogP contribution is -2.26. The highest BCUT2D eigenvalue weighted by Crippen LogP contribution is 2.62. The van der Waals surface area contributed by atoms with Gasteiger partial charge in [0, 0.05) is 10.2 Å². The second-order valence-electron chi connectivity index (χ2n) is 8.07. The van der Waals surface area contributed by atoms with Crippen LogP contribution in [0, 0.1) is 20.8 Å². The number of hydrogen-bond acceptors (Lipinski definition) is 3. The molecule has 0 spiro atoms. The van der Waals surface area contributed by atoms with Crippen LogP contribution in [0.2, 0.25) is 5.02 Å². The first kappa shape index (κ1) is 20.8. The molecule has 3 rings (SSSR count). The molecule has 0 amide bonds. The van der Waals surface area contributed by atoms with Crippen molar-refractivity contribution in [2.45, 2.75) is 46.7 Å². The summed E-state index contributed by atoms with van der Waals surface area (Å²) in [5.74, 6) is 1.53. The Kier molecular flexibility index (Phi) is 5.79. The standard InChI is InChI=1S/C23H27ClNO2P/c1-16-10-12-21(17(2)14-16)25-28(23(4,5)6,22-13-11-18(3)26-22)27-20-9-7-8-19(24)15-20/h7-15H,1-6H3. The molecule has 28 heavy (non-hydrogen) atoms. The van der Waals surface area contributed by atoms with Gasteiger partial charge in [0.25, 0.3) is 0 Å². The van der Waals surface area contributed by atoms with Crippen LogP contribution in [0.25, 0.3) is 0 Å². The minimum absolute atomic E-state index is 0.295. The van der Waals surface area contributed by atoms with Gasteiger partial charge in [0.1, 0.15) is 11.5 Å². The molecule has 148 valence electrons. The number of nitrogens with zero attached hydrogens (tertiary/aromatic N) is 1. The molecule has 3 aromatic rings. The van der Waals surface area contributed by atoms with Crippen LogP contribution in [-0.2, 0) is 0 Å². The molecule has 1 aromatic heterocycles. The molecule has 0 radical (unpaired) electrons. The lowest BCUT2D eigenvalue weighted by molar-refractivity contribution is 0.527. The topological polar surface area (TPSA) is 34.7 Å². The van der Waals surface area contributed by atoms with Gasteiger partial charge in [0.15, 0.2) is 5.50 Å². The summed E-state index contributed by atoms with van der Waals surface area (Å²) >= 11 is 6.22. The summed E-state index contributed by atoms with van der Waals surface area (Å²) in [5.41, 5.74) is 4.02. The summed E-state index contributed by atoms with van der Waals surface area (Å²) in [6.45, 7) is 12.6. The van der Waals surface area contributed by atoms with Gasteiger partial charge in [-0.15, -0.1) is 0 Å². The molecule has 0 N–H and O–H groups in total. The molecule has 0 saturated carbocycles. The van der Waals surface area contributed by atoms with E-state index in [4.69, 9.17) is 25.3 Å². The van der Waals surface area contributed by atoms with Crippen molar-refractivity contribution >= 4 is 30.1 Å². The van der Waals surface area contributed by atoms with Crippen molar-refractivity contribution in [2.75, 3.05) is 0 Å².